The van der Waals surface area contributed by atoms with Crippen molar-refractivity contribution in [2.75, 3.05) is 0 Å². The Morgan fingerprint density at radius 2 is 1.78 bits per heavy atom. The number of sulfonamides is 1. The van der Waals surface area contributed by atoms with Gasteiger partial charge in [-0.05, 0) is 37.8 Å². The molecule has 1 fully saturated rings. The lowest BCUT2D eigenvalue weighted by Crippen LogP contribution is -2.36. The van der Waals surface area contributed by atoms with Crippen LogP contribution in [0.1, 0.15) is 37.6 Å². The summed E-state index contributed by atoms with van der Waals surface area (Å²) in [6.45, 7) is 5.62. The van der Waals surface area contributed by atoms with E-state index in [0.717, 1.165) is 6.42 Å². The fraction of sp³-hybridized carbons (Fsp3) is 0.533. The van der Waals surface area contributed by atoms with Gasteiger partial charge in [-0.2, -0.15) is 0 Å². The molecule has 6 nitrogen and oxygen atoms in total. The smallest absolute Gasteiger partial charge is 0.238 e. The van der Waals surface area contributed by atoms with E-state index in [1.54, 1.807) is 0 Å². The molecule has 8 heteroatoms. The van der Waals surface area contributed by atoms with Crippen molar-refractivity contribution in [2.45, 2.75) is 36.8 Å². The van der Waals surface area contributed by atoms with Gasteiger partial charge in [-0.25, -0.2) is 17.8 Å². The Bertz CT molecular complexity index is 741. The Kier molecular flexibility index (Phi) is 4.83. The number of Topliss-reactive ketones (excluding diaryl/α,β-unsaturated/α-hetero) is 1. The van der Waals surface area contributed by atoms with Gasteiger partial charge >= 0.3 is 0 Å². The fourth-order valence-corrected chi connectivity index (χ4v) is 4.43. The van der Waals surface area contributed by atoms with Gasteiger partial charge in [0.05, 0.1) is 20.6 Å². The van der Waals surface area contributed by atoms with Gasteiger partial charge in [0.1, 0.15) is 0 Å². The van der Waals surface area contributed by atoms with E-state index in [0.29, 0.717) is 5.56 Å². The maximum absolute atomic E-state index is 12.7. The summed E-state index contributed by atoms with van der Waals surface area (Å²) in [7, 11) is -5.30. The highest BCUT2D eigenvalue weighted by Gasteiger charge is 2.61. The first kappa shape index (κ1) is 18.3. The molecule has 0 bridgehead atoms. The number of hydrogen-bond donors (Lipinski definition) is 2. The first-order chi connectivity index (χ1) is 10.5. The normalized spacial score (nSPS) is 25.9. The van der Waals surface area contributed by atoms with E-state index in [9.17, 15) is 17.4 Å². The van der Waals surface area contributed by atoms with Gasteiger partial charge < -0.3 is 0 Å². The molecule has 0 saturated heterocycles. The molecule has 0 radical (unpaired) electrons. The minimum atomic E-state index is -3.78. The molecular weight excluding hydrogens is 336 g/mol. The first-order valence-electron chi connectivity index (χ1n) is 7.35. The summed E-state index contributed by atoms with van der Waals surface area (Å²) in [5, 5.41) is 10.6. The molecule has 0 spiro atoms. The quantitative estimate of drug-likeness (QED) is 0.742. The maximum Gasteiger partial charge on any atom is 0.238 e. The van der Waals surface area contributed by atoms with Crippen molar-refractivity contribution in [1.29, 1.82) is 0 Å². The van der Waals surface area contributed by atoms with E-state index >= 15 is 0 Å². The van der Waals surface area contributed by atoms with Crippen molar-refractivity contribution in [1.82, 2.24) is 0 Å². The maximum atomic E-state index is 12.7. The average Bonchev–Trinajstić information content (AvgIpc) is 3.20. The predicted octanol–water partition coefficient (Wildman–Crippen LogP) is 1.19. The zero-order chi connectivity index (χ0) is 17.6. The SMILES string of the molecule is CCC1C(C(=O)c2ccc(S(N)(=O)=O)cc2)C1C(C)(C)S(N)=O. The Labute approximate surface area is 139 Å². The van der Waals surface area contributed by atoms with Crippen LogP contribution in [0.4, 0.5) is 0 Å². The van der Waals surface area contributed by atoms with Gasteiger partial charge in [0, 0.05) is 11.5 Å². The van der Waals surface area contributed by atoms with Crippen LogP contribution >= 0.6 is 0 Å². The summed E-state index contributed by atoms with van der Waals surface area (Å²) >= 11 is 0. The van der Waals surface area contributed by atoms with Crippen molar-refractivity contribution in [3.05, 3.63) is 29.8 Å². The standard InChI is InChI=1S/C15H22N2O4S2/c1-4-11-12(13(11)15(2,3)22(16)19)14(18)9-5-7-10(8-6-9)23(17,20)21/h5-8,11-13H,4,16H2,1-3H3,(H2,17,20,21). The van der Waals surface area contributed by atoms with E-state index < -0.39 is 25.8 Å². The highest BCUT2D eigenvalue weighted by Crippen LogP contribution is 2.57. The Morgan fingerprint density at radius 3 is 2.17 bits per heavy atom. The molecule has 2 rings (SSSR count). The van der Waals surface area contributed by atoms with Crippen molar-refractivity contribution in [3.63, 3.8) is 0 Å². The second kappa shape index (κ2) is 6.08. The van der Waals surface area contributed by atoms with Crippen LogP contribution in [0.15, 0.2) is 29.2 Å². The molecule has 1 aliphatic rings. The molecule has 4 unspecified atom stereocenters. The molecule has 1 aromatic carbocycles. The lowest BCUT2D eigenvalue weighted by Gasteiger charge is -2.21. The van der Waals surface area contributed by atoms with Crippen LogP contribution in [-0.2, 0) is 21.0 Å². The van der Waals surface area contributed by atoms with Gasteiger partial charge in [0.15, 0.2) is 5.78 Å². The minimum Gasteiger partial charge on any atom is -0.294 e. The molecule has 0 aromatic heterocycles. The van der Waals surface area contributed by atoms with Crippen LogP contribution < -0.4 is 10.3 Å². The molecule has 0 aliphatic heterocycles. The van der Waals surface area contributed by atoms with Crippen LogP contribution in [-0.4, -0.2) is 23.2 Å². The summed E-state index contributed by atoms with van der Waals surface area (Å²) in [5.41, 5.74) is 0.432. The number of primary sulfonamides is 1. The van der Waals surface area contributed by atoms with E-state index in [1.807, 2.05) is 20.8 Å². The first-order valence-corrected chi connectivity index (χ1v) is 10.1. The van der Waals surface area contributed by atoms with Gasteiger partial charge in [-0.15, -0.1) is 0 Å². The molecule has 1 aromatic rings. The fourth-order valence-electron chi connectivity index (χ4n) is 3.32. The van der Waals surface area contributed by atoms with E-state index in [-0.39, 0.29) is 28.4 Å². The van der Waals surface area contributed by atoms with Gasteiger partial charge in [0.25, 0.3) is 0 Å². The molecule has 0 heterocycles. The van der Waals surface area contributed by atoms with Crippen LogP contribution in [0.5, 0.6) is 0 Å². The highest BCUT2D eigenvalue weighted by atomic mass is 32.2. The Morgan fingerprint density at radius 1 is 1.26 bits per heavy atom. The largest absolute Gasteiger partial charge is 0.294 e. The number of rotatable bonds is 6. The number of hydrogen-bond acceptors (Lipinski definition) is 4. The lowest BCUT2D eigenvalue weighted by molar-refractivity contribution is 0.0953. The molecule has 0 amide bonds. The third-order valence-electron chi connectivity index (χ3n) is 4.73. The number of carbonyl (C=O) groups is 1. The summed E-state index contributed by atoms with van der Waals surface area (Å²) in [5.74, 6) is -0.198. The number of nitrogens with two attached hydrogens (primary N) is 2. The van der Waals surface area contributed by atoms with Crippen molar-refractivity contribution in [2.24, 2.45) is 28.0 Å². The summed E-state index contributed by atoms with van der Waals surface area (Å²) in [6.07, 6.45) is 0.803. The van der Waals surface area contributed by atoms with Crippen LogP contribution in [0, 0.1) is 17.8 Å². The zero-order valence-electron chi connectivity index (χ0n) is 13.4. The van der Waals surface area contributed by atoms with E-state index in [1.165, 1.54) is 24.3 Å². The molecule has 4 N–H and O–H groups in total. The molecular formula is C15H22N2O4S2. The van der Waals surface area contributed by atoms with Crippen LogP contribution in [0.25, 0.3) is 0 Å². The second-order valence-corrected chi connectivity index (χ2v) is 9.67. The lowest BCUT2D eigenvalue weighted by atomic mass is 10.0. The van der Waals surface area contributed by atoms with Crippen molar-refractivity contribution >= 4 is 26.8 Å². The summed E-state index contributed by atoms with van der Waals surface area (Å²) in [6, 6.07) is 5.59. The zero-order valence-corrected chi connectivity index (χ0v) is 15.0. The molecule has 1 saturated carbocycles. The predicted molar refractivity (Wildman–Crippen MR) is 89.3 cm³/mol. The van der Waals surface area contributed by atoms with Gasteiger partial charge in [-0.3, -0.25) is 9.93 Å². The van der Waals surface area contributed by atoms with E-state index in [2.05, 4.69) is 0 Å². The van der Waals surface area contributed by atoms with E-state index in [4.69, 9.17) is 10.3 Å². The Balaban J connectivity index is 2.26. The molecule has 1 aliphatic carbocycles. The summed E-state index contributed by atoms with van der Waals surface area (Å²) in [4.78, 5) is 12.7. The molecule has 23 heavy (non-hydrogen) atoms. The Hall–Kier alpha value is -1.09. The number of benzene rings is 1. The average molecular weight is 358 g/mol. The number of ketones is 1. The number of carbonyl (C=O) groups excluding carboxylic acids is 1. The third-order valence-corrected chi connectivity index (χ3v) is 6.97. The molecule has 128 valence electrons. The third kappa shape index (κ3) is 3.40. The van der Waals surface area contributed by atoms with Gasteiger partial charge in [-0.1, -0.05) is 25.5 Å². The van der Waals surface area contributed by atoms with Crippen molar-refractivity contribution < 1.29 is 17.4 Å². The summed E-state index contributed by atoms with van der Waals surface area (Å²) < 4.78 is 33.7. The minimum absolute atomic E-state index is 0.0307. The topological polar surface area (TPSA) is 120 Å². The van der Waals surface area contributed by atoms with Crippen molar-refractivity contribution in [3.8, 4) is 0 Å². The van der Waals surface area contributed by atoms with Gasteiger partial charge in [0.2, 0.25) is 10.0 Å². The van der Waals surface area contributed by atoms with Crippen LogP contribution in [0.2, 0.25) is 0 Å². The highest BCUT2D eigenvalue weighted by molar-refractivity contribution is 7.89. The monoisotopic (exact) mass is 358 g/mol. The van der Waals surface area contributed by atoms with Crippen LogP contribution in [0.3, 0.4) is 0 Å². The molecule has 4 atom stereocenters. The second-order valence-electron chi connectivity index (χ2n) is 6.46.